The Morgan fingerprint density at radius 1 is 1.16 bits per heavy atom. The molecule has 0 unspecified atom stereocenters. The number of hydrogen-bond donors (Lipinski definition) is 0. The molecule has 2 heterocycles. The van der Waals surface area contributed by atoms with Crippen LogP contribution in [0.1, 0.15) is 30.0 Å². The number of methoxy groups -OCH3 is 1. The van der Waals surface area contributed by atoms with Crippen molar-refractivity contribution in [2.24, 2.45) is 0 Å². The summed E-state index contributed by atoms with van der Waals surface area (Å²) in [4.78, 5) is 14.5. The molecule has 1 fully saturated rings. The van der Waals surface area contributed by atoms with Crippen molar-refractivity contribution >= 4 is 11.0 Å². The van der Waals surface area contributed by atoms with Gasteiger partial charge in [0.15, 0.2) is 0 Å². The van der Waals surface area contributed by atoms with E-state index in [4.69, 9.17) is 9.15 Å². The lowest BCUT2D eigenvalue weighted by Crippen LogP contribution is -2.23. The maximum atomic E-state index is 12.0. The standard InChI is InChI=1S/C21H21NO3/c1-24-17-9-10-18-16(12-21(23)25-20(18)13-17)14-22-11-5-8-19(22)15-6-3-2-4-7-15/h2-4,6-7,9-10,12-13,19H,5,8,11,14H2,1H3/t19-/m0/s1. The van der Waals surface area contributed by atoms with Crippen molar-refractivity contribution in [2.75, 3.05) is 13.7 Å². The molecule has 0 radical (unpaired) electrons. The lowest BCUT2D eigenvalue weighted by atomic mass is 10.0. The molecule has 1 aliphatic rings. The third-order valence-corrected chi connectivity index (χ3v) is 4.96. The van der Waals surface area contributed by atoms with Gasteiger partial charge in [0.1, 0.15) is 11.3 Å². The molecule has 0 saturated carbocycles. The average molecular weight is 335 g/mol. The van der Waals surface area contributed by atoms with E-state index in [1.807, 2.05) is 18.2 Å². The summed E-state index contributed by atoms with van der Waals surface area (Å²) in [5.41, 5.74) is 2.62. The molecule has 3 aromatic rings. The summed E-state index contributed by atoms with van der Waals surface area (Å²) in [6.07, 6.45) is 2.32. The fourth-order valence-electron chi connectivity index (χ4n) is 3.75. The maximum absolute atomic E-state index is 12.0. The van der Waals surface area contributed by atoms with Crippen LogP contribution in [-0.2, 0) is 6.54 Å². The smallest absolute Gasteiger partial charge is 0.336 e. The number of nitrogens with zero attached hydrogens (tertiary/aromatic N) is 1. The Bertz CT molecular complexity index is 933. The number of fused-ring (bicyclic) bond motifs is 1. The SMILES string of the molecule is COc1ccc2c(CN3CCC[C@H]3c3ccccc3)cc(=O)oc2c1. The second-order valence-electron chi connectivity index (χ2n) is 6.49. The van der Waals surface area contributed by atoms with Gasteiger partial charge in [-0.15, -0.1) is 0 Å². The molecule has 128 valence electrons. The van der Waals surface area contributed by atoms with Crippen LogP contribution in [0.4, 0.5) is 0 Å². The van der Waals surface area contributed by atoms with Crippen molar-refractivity contribution in [3.05, 3.63) is 76.1 Å². The molecule has 4 heteroatoms. The molecule has 1 aliphatic heterocycles. The fourth-order valence-corrected chi connectivity index (χ4v) is 3.75. The molecule has 2 aromatic carbocycles. The monoisotopic (exact) mass is 335 g/mol. The predicted molar refractivity (Wildman–Crippen MR) is 97.9 cm³/mol. The van der Waals surface area contributed by atoms with Crippen LogP contribution >= 0.6 is 0 Å². The molecule has 1 aromatic heterocycles. The van der Waals surface area contributed by atoms with Crippen LogP contribution in [0.25, 0.3) is 11.0 Å². The van der Waals surface area contributed by atoms with Gasteiger partial charge in [0, 0.05) is 30.1 Å². The largest absolute Gasteiger partial charge is 0.497 e. The van der Waals surface area contributed by atoms with Gasteiger partial charge in [-0.1, -0.05) is 30.3 Å². The Balaban J connectivity index is 1.69. The summed E-state index contributed by atoms with van der Waals surface area (Å²) in [6, 6.07) is 18.3. The number of ether oxygens (including phenoxy) is 1. The Kier molecular flexibility index (Phi) is 4.28. The maximum Gasteiger partial charge on any atom is 0.336 e. The van der Waals surface area contributed by atoms with Gasteiger partial charge in [-0.05, 0) is 42.6 Å². The molecule has 25 heavy (non-hydrogen) atoms. The Labute approximate surface area is 146 Å². The Morgan fingerprint density at radius 3 is 2.80 bits per heavy atom. The highest BCUT2D eigenvalue weighted by atomic mass is 16.5. The van der Waals surface area contributed by atoms with E-state index >= 15 is 0 Å². The van der Waals surface area contributed by atoms with Crippen LogP contribution in [0.5, 0.6) is 5.75 Å². The van der Waals surface area contributed by atoms with Crippen molar-refractivity contribution in [2.45, 2.75) is 25.4 Å². The van der Waals surface area contributed by atoms with Crippen molar-refractivity contribution < 1.29 is 9.15 Å². The molecule has 4 rings (SSSR count). The van der Waals surface area contributed by atoms with Gasteiger partial charge in [-0.25, -0.2) is 4.79 Å². The van der Waals surface area contributed by atoms with E-state index in [1.165, 1.54) is 12.0 Å². The summed E-state index contributed by atoms with van der Waals surface area (Å²) >= 11 is 0. The Hall–Kier alpha value is -2.59. The molecule has 4 nitrogen and oxygen atoms in total. The summed E-state index contributed by atoms with van der Waals surface area (Å²) in [6.45, 7) is 1.78. The van der Waals surface area contributed by atoms with E-state index in [1.54, 1.807) is 19.2 Å². The first kappa shape index (κ1) is 15.9. The minimum Gasteiger partial charge on any atom is -0.497 e. The van der Waals surface area contributed by atoms with Gasteiger partial charge in [-0.3, -0.25) is 4.90 Å². The zero-order valence-electron chi connectivity index (χ0n) is 14.3. The van der Waals surface area contributed by atoms with E-state index in [-0.39, 0.29) is 5.63 Å². The Morgan fingerprint density at radius 2 is 2.00 bits per heavy atom. The minimum atomic E-state index is -0.314. The van der Waals surface area contributed by atoms with E-state index in [0.717, 1.165) is 30.5 Å². The van der Waals surface area contributed by atoms with Crippen molar-refractivity contribution in [3.63, 3.8) is 0 Å². The van der Waals surface area contributed by atoms with Crippen LogP contribution in [0.3, 0.4) is 0 Å². The van der Waals surface area contributed by atoms with Crippen LogP contribution in [-0.4, -0.2) is 18.6 Å². The lowest BCUT2D eigenvalue weighted by Gasteiger charge is -2.25. The summed E-state index contributed by atoms with van der Waals surface area (Å²) in [5.74, 6) is 0.691. The number of likely N-dealkylation sites (tertiary alicyclic amines) is 1. The van der Waals surface area contributed by atoms with Crippen LogP contribution in [0.15, 0.2) is 63.8 Å². The molecule has 0 aliphatic carbocycles. The van der Waals surface area contributed by atoms with Crippen molar-refractivity contribution in [1.29, 1.82) is 0 Å². The van der Waals surface area contributed by atoms with E-state index in [2.05, 4.69) is 29.2 Å². The molecule has 0 N–H and O–H groups in total. The second kappa shape index (κ2) is 6.73. The number of hydrogen-bond acceptors (Lipinski definition) is 4. The third kappa shape index (κ3) is 3.17. The van der Waals surface area contributed by atoms with Gasteiger partial charge in [0.25, 0.3) is 0 Å². The highest BCUT2D eigenvalue weighted by Gasteiger charge is 2.26. The molecule has 1 saturated heterocycles. The molecule has 1 atom stereocenters. The van der Waals surface area contributed by atoms with Crippen molar-refractivity contribution in [3.8, 4) is 5.75 Å². The minimum absolute atomic E-state index is 0.314. The van der Waals surface area contributed by atoms with E-state index in [9.17, 15) is 4.79 Å². The second-order valence-corrected chi connectivity index (χ2v) is 6.49. The fraction of sp³-hybridized carbons (Fsp3) is 0.286. The summed E-state index contributed by atoms with van der Waals surface area (Å²) in [5, 5.41) is 0.971. The lowest BCUT2D eigenvalue weighted by molar-refractivity contribution is 0.249. The number of benzene rings is 2. The molecule has 0 spiro atoms. The van der Waals surface area contributed by atoms with E-state index < -0.39 is 0 Å². The average Bonchev–Trinajstić information content (AvgIpc) is 3.10. The van der Waals surface area contributed by atoms with Crippen LogP contribution in [0.2, 0.25) is 0 Å². The molecule has 0 amide bonds. The molecule has 0 bridgehead atoms. The van der Waals surface area contributed by atoms with Gasteiger partial charge < -0.3 is 9.15 Å². The predicted octanol–water partition coefficient (Wildman–Crippen LogP) is 4.14. The quantitative estimate of drug-likeness (QED) is 0.672. The normalized spacial score (nSPS) is 17.9. The van der Waals surface area contributed by atoms with Gasteiger partial charge in [-0.2, -0.15) is 0 Å². The summed E-state index contributed by atoms with van der Waals surface area (Å²) < 4.78 is 10.6. The third-order valence-electron chi connectivity index (χ3n) is 4.96. The highest BCUT2D eigenvalue weighted by molar-refractivity contribution is 5.81. The summed E-state index contributed by atoms with van der Waals surface area (Å²) in [7, 11) is 1.61. The molecular weight excluding hydrogens is 314 g/mol. The van der Waals surface area contributed by atoms with Gasteiger partial charge in [0.2, 0.25) is 0 Å². The van der Waals surface area contributed by atoms with Crippen molar-refractivity contribution in [1.82, 2.24) is 4.90 Å². The van der Waals surface area contributed by atoms with Crippen LogP contribution in [0, 0.1) is 0 Å². The van der Waals surface area contributed by atoms with Gasteiger partial charge >= 0.3 is 5.63 Å². The topological polar surface area (TPSA) is 42.7 Å². The zero-order valence-corrected chi connectivity index (χ0v) is 14.3. The molecular formula is C21H21NO3. The number of rotatable bonds is 4. The zero-order chi connectivity index (χ0) is 17.2. The van der Waals surface area contributed by atoms with E-state index in [0.29, 0.717) is 17.4 Å². The highest BCUT2D eigenvalue weighted by Crippen LogP contribution is 2.34. The first-order valence-corrected chi connectivity index (χ1v) is 8.64. The van der Waals surface area contributed by atoms with Crippen LogP contribution < -0.4 is 10.4 Å². The first-order chi connectivity index (χ1) is 12.2. The first-order valence-electron chi connectivity index (χ1n) is 8.64. The van der Waals surface area contributed by atoms with Gasteiger partial charge in [0.05, 0.1) is 7.11 Å².